The van der Waals surface area contributed by atoms with Crippen molar-refractivity contribution in [2.75, 3.05) is 19.7 Å². The smallest absolute Gasteiger partial charge is 0.334 e. The Kier molecular flexibility index (Phi) is 3.65. The molecule has 5 nitrogen and oxygen atoms in total. The van der Waals surface area contributed by atoms with Gasteiger partial charge in [0.05, 0.1) is 18.0 Å². The van der Waals surface area contributed by atoms with E-state index in [4.69, 9.17) is 9.84 Å². The lowest BCUT2D eigenvalue weighted by Crippen LogP contribution is -2.48. The number of rotatable bonds is 2. The molecule has 1 N–H and O–H groups in total. The number of hydrogen-bond donors (Lipinski definition) is 1. The number of benzene rings is 1. The van der Waals surface area contributed by atoms with E-state index >= 15 is 0 Å². The minimum atomic E-state index is -1.03. The van der Waals surface area contributed by atoms with E-state index in [9.17, 15) is 9.59 Å². The van der Waals surface area contributed by atoms with Crippen LogP contribution < -0.4 is 0 Å². The standard InChI is InChI=1S/C15H15NO4S/c1-9-10-4-2-3-5-12(10)21-13(9)14(17)16-6-7-20-11(8-16)15(18)19/h2-5,11H,6-8H2,1H3,(H,18,19)/t11-/m0/s1. The van der Waals surface area contributed by atoms with Crippen LogP contribution in [-0.4, -0.2) is 47.7 Å². The van der Waals surface area contributed by atoms with Crippen LogP contribution in [0.4, 0.5) is 0 Å². The maximum atomic E-state index is 12.6. The SMILES string of the molecule is Cc1c(C(=O)N2CCO[C@H](C(=O)O)C2)sc2ccccc12. The third-order valence-electron chi connectivity index (χ3n) is 3.67. The second-order valence-electron chi connectivity index (χ2n) is 5.00. The number of morpholine rings is 1. The van der Waals surface area contributed by atoms with Crippen LogP contribution in [0.15, 0.2) is 24.3 Å². The molecule has 0 saturated carbocycles. The van der Waals surface area contributed by atoms with Gasteiger partial charge in [-0.25, -0.2) is 4.79 Å². The van der Waals surface area contributed by atoms with Gasteiger partial charge in [0.2, 0.25) is 0 Å². The highest BCUT2D eigenvalue weighted by atomic mass is 32.1. The first-order valence-electron chi connectivity index (χ1n) is 6.69. The summed E-state index contributed by atoms with van der Waals surface area (Å²) in [7, 11) is 0. The Balaban J connectivity index is 1.90. The van der Waals surface area contributed by atoms with Crippen molar-refractivity contribution in [3.05, 3.63) is 34.7 Å². The predicted molar refractivity (Wildman–Crippen MR) is 79.8 cm³/mol. The summed E-state index contributed by atoms with van der Waals surface area (Å²) in [5, 5.41) is 10.1. The lowest BCUT2D eigenvalue weighted by Gasteiger charge is -2.30. The maximum Gasteiger partial charge on any atom is 0.334 e. The molecule has 0 radical (unpaired) electrons. The average molecular weight is 305 g/mol. The van der Waals surface area contributed by atoms with E-state index in [0.717, 1.165) is 15.6 Å². The number of carbonyl (C=O) groups is 2. The Morgan fingerprint density at radius 1 is 1.38 bits per heavy atom. The quantitative estimate of drug-likeness (QED) is 0.923. The first-order chi connectivity index (χ1) is 10.1. The zero-order valence-corrected chi connectivity index (χ0v) is 12.4. The maximum absolute atomic E-state index is 12.6. The lowest BCUT2D eigenvalue weighted by atomic mass is 10.1. The van der Waals surface area contributed by atoms with Crippen LogP contribution in [0.2, 0.25) is 0 Å². The van der Waals surface area contributed by atoms with Crippen LogP contribution >= 0.6 is 11.3 Å². The summed E-state index contributed by atoms with van der Waals surface area (Å²) in [5.41, 5.74) is 0.957. The Bertz CT molecular complexity index is 709. The molecular weight excluding hydrogens is 290 g/mol. The monoisotopic (exact) mass is 305 g/mol. The summed E-state index contributed by atoms with van der Waals surface area (Å²) in [6, 6.07) is 7.88. The Labute approximate surface area is 125 Å². The molecule has 0 spiro atoms. The highest BCUT2D eigenvalue weighted by molar-refractivity contribution is 7.21. The molecule has 1 fully saturated rings. The molecule has 0 aliphatic carbocycles. The fourth-order valence-electron chi connectivity index (χ4n) is 2.51. The fourth-order valence-corrected chi connectivity index (χ4v) is 3.68. The van der Waals surface area contributed by atoms with E-state index in [0.29, 0.717) is 11.4 Å². The van der Waals surface area contributed by atoms with Crippen LogP contribution in [0.25, 0.3) is 10.1 Å². The Hall–Kier alpha value is -1.92. The number of fused-ring (bicyclic) bond motifs is 1. The van der Waals surface area contributed by atoms with Crippen LogP contribution in [-0.2, 0) is 9.53 Å². The number of ether oxygens (including phenoxy) is 1. The van der Waals surface area contributed by atoms with Crippen molar-refractivity contribution in [3.63, 3.8) is 0 Å². The van der Waals surface area contributed by atoms with E-state index in [-0.39, 0.29) is 19.1 Å². The van der Waals surface area contributed by atoms with Crippen LogP contribution in [0, 0.1) is 6.92 Å². The van der Waals surface area contributed by atoms with Gasteiger partial charge in [-0.1, -0.05) is 18.2 Å². The Morgan fingerprint density at radius 3 is 2.86 bits per heavy atom. The number of carboxylic acid groups (broad SMARTS) is 1. The van der Waals surface area contributed by atoms with Crippen LogP contribution in [0.1, 0.15) is 15.2 Å². The Morgan fingerprint density at radius 2 is 2.14 bits per heavy atom. The molecule has 1 aliphatic heterocycles. The first kappa shape index (κ1) is 14.0. The summed E-state index contributed by atoms with van der Waals surface area (Å²) in [4.78, 5) is 25.9. The lowest BCUT2D eigenvalue weighted by molar-refractivity contribution is -0.154. The van der Waals surface area contributed by atoms with Crippen LogP contribution in [0.3, 0.4) is 0 Å². The summed E-state index contributed by atoms with van der Waals surface area (Å²) in [6.45, 7) is 2.71. The average Bonchev–Trinajstić information content (AvgIpc) is 2.84. The van der Waals surface area contributed by atoms with Crippen LogP contribution in [0.5, 0.6) is 0 Å². The molecule has 1 aliphatic rings. The molecule has 21 heavy (non-hydrogen) atoms. The number of aryl methyl sites for hydroxylation is 1. The summed E-state index contributed by atoms with van der Waals surface area (Å²) in [6.07, 6.45) is -0.933. The van der Waals surface area contributed by atoms with E-state index in [1.165, 1.54) is 11.3 Å². The summed E-state index contributed by atoms with van der Waals surface area (Å²) < 4.78 is 6.23. The van der Waals surface area contributed by atoms with Crippen molar-refractivity contribution in [3.8, 4) is 0 Å². The number of carboxylic acids is 1. The topological polar surface area (TPSA) is 66.8 Å². The zero-order chi connectivity index (χ0) is 15.0. The molecule has 0 bridgehead atoms. The molecular formula is C15H15NO4S. The van der Waals surface area contributed by atoms with E-state index in [1.807, 2.05) is 31.2 Å². The van der Waals surface area contributed by atoms with Crippen molar-refractivity contribution < 1.29 is 19.4 Å². The van der Waals surface area contributed by atoms with Gasteiger partial charge in [-0.15, -0.1) is 11.3 Å². The number of amides is 1. The van der Waals surface area contributed by atoms with Crippen molar-refractivity contribution in [1.82, 2.24) is 4.90 Å². The summed E-state index contributed by atoms with van der Waals surface area (Å²) in [5.74, 6) is -1.14. The number of thiophene rings is 1. The van der Waals surface area contributed by atoms with Gasteiger partial charge >= 0.3 is 5.97 Å². The molecule has 0 unspecified atom stereocenters. The largest absolute Gasteiger partial charge is 0.479 e. The van der Waals surface area contributed by atoms with Gasteiger partial charge in [0.15, 0.2) is 6.10 Å². The van der Waals surface area contributed by atoms with E-state index in [1.54, 1.807) is 4.90 Å². The minimum Gasteiger partial charge on any atom is -0.479 e. The highest BCUT2D eigenvalue weighted by Gasteiger charge is 2.30. The summed E-state index contributed by atoms with van der Waals surface area (Å²) >= 11 is 1.46. The molecule has 2 heterocycles. The van der Waals surface area contributed by atoms with Crippen molar-refractivity contribution in [1.29, 1.82) is 0 Å². The van der Waals surface area contributed by atoms with Gasteiger partial charge in [-0.05, 0) is 23.9 Å². The van der Waals surface area contributed by atoms with Crippen molar-refractivity contribution in [2.45, 2.75) is 13.0 Å². The van der Waals surface area contributed by atoms with E-state index < -0.39 is 12.1 Å². The normalized spacial score (nSPS) is 18.9. The molecule has 1 saturated heterocycles. The second kappa shape index (κ2) is 5.46. The van der Waals surface area contributed by atoms with Gasteiger partial charge in [0.1, 0.15) is 0 Å². The van der Waals surface area contributed by atoms with Crippen molar-refractivity contribution in [2.24, 2.45) is 0 Å². The zero-order valence-electron chi connectivity index (χ0n) is 11.5. The van der Waals surface area contributed by atoms with Gasteiger partial charge < -0.3 is 14.7 Å². The molecule has 2 aromatic rings. The van der Waals surface area contributed by atoms with E-state index in [2.05, 4.69) is 0 Å². The molecule has 6 heteroatoms. The molecule has 1 aromatic heterocycles. The molecule has 3 rings (SSSR count). The molecule has 110 valence electrons. The van der Waals surface area contributed by atoms with Crippen molar-refractivity contribution >= 4 is 33.3 Å². The number of carbonyl (C=O) groups excluding carboxylic acids is 1. The molecule has 1 atom stereocenters. The number of nitrogens with zero attached hydrogens (tertiary/aromatic N) is 1. The molecule has 1 aromatic carbocycles. The third kappa shape index (κ3) is 2.52. The predicted octanol–water partition coefficient (Wildman–Crippen LogP) is 2.14. The van der Waals surface area contributed by atoms with Gasteiger partial charge in [-0.2, -0.15) is 0 Å². The van der Waals surface area contributed by atoms with Gasteiger partial charge in [0.25, 0.3) is 5.91 Å². The number of hydrogen-bond acceptors (Lipinski definition) is 4. The molecule has 1 amide bonds. The van der Waals surface area contributed by atoms with Gasteiger partial charge in [-0.3, -0.25) is 4.79 Å². The fraction of sp³-hybridized carbons (Fsp3) is 0.333. The highest BCUT2D eigenvalue weighted by Crippen LogP contribution is 2.31. The second-order valence-corrected chi connectivity index (χ2v) is 6.05. The first-order valence-corrected chi connectivity index (χ1v) is 7.51. The van der Waals surface area contributed by atoms with Gasteiger partial charge in [0, 0.05) is 11.2 Å². The third-order valence-corrected chi connectivity index (χ3v) is 4.93. The minimum absolute atomic E-state index is 0.0991. The number of aliphatic carboxylic acids is 1.